The van der Waals surface area contributed by atoms with Crippen LogP contribution in [0.15, 0.2) is 182 Å². The van der Waals surface area contributed by atoms with E-state index in [2.05, 4.69) is 205 Å². The van der Waals surface area contributed by atoms with Gasteiger partial charge in [-0.05, 0) is 129 Å². The van der Waals surface area contributed by atoms with Gasteiger partial charge in [0.1, 0.15) is 11.5 Å². The van der Waals surface area contributed by atoms with Crippen LogP contribution in [0.4, 0.5) is 0 Å². The molecule has 0 N–H and O–H groups in total. The van der Waals surface area contributed by atoms with Gasteiger partial charge in [0.05, 0.1) is 40.7 Å². The number of fused-ring (bicyclic) bond motifs is 6. The lowest BCUT2D eigenvalue weighted by Gasteiger charge is -2.35. The predicted molar refractivity (Wildman–Crippen MR) is 300 cm³/mol. The third kappa shape index (κ3) is 7.84. The lowest BCUT2D eigenvalue weighted by Crippen LogP contribution is -2.29. The molecule has 2 aromatic heterocycles. The van der Waals surface area contributed by atoms with Crippen LogP contribution in [0.3, 0.4) is 0 Å². The maximum Gasteiger partial charge on any atom is 0.119 e. The van der Waals surface area contributed by atoms with Crippen LogP contribution in [0.5, 0.6) is 11.5 Å². The Morgan fingerprint density at radius 1 is 0.352 bits per heavy atom. The summed E-state index contributed by atoms with van der Waals surface area (Å²) in [5, 5.41) is 10.1. The van der Waals surface area contributed by atoms with Gasteiger partial charge < -0.3 is 18.6 Å². The van der Waals surface area contributed by atoms with Gasteiger partial charge in [0.15, 0.2) is 0 Å². The van der Waals surface area contributed by atoms with Crippen molar-refractivity contribution in [2.45, 2.75) is 96.3 Å². The topological polar surface area (TPSA) is 28.3 Å². The van der Waals surface area contributed by atoms with Crippen molar-refractivity contribution in [3.8, 4) is 22.9 Å². The first-order valence-electron chi connectivity index (χ1n) is 26.7. The molecule has 71 heavy (non-hydrogen) atoms. The number of rotatable bonds is 20. The Balaban J connectivity index is 1.07. The van der Waals surface area contributed by atoms with Gasteiger partial charge in [-0.25, -0.2) is 0 Å². The highest BCUT2D eigenvalue weighted by Gasteiger charge is 2.46. The zero-order valence-corrected chi connectivity index (χ0v) is 41.4. The molecule has 0 bridgehead atoms. The number of benzene rings is 9. The summed E-state index contributed by atoms with van der Waals surface area (Å²) < 4.78 is 18.0. The molecule has 0 saturated heterocycles. The summed E-state index contributed by atoms with van der Waals surface area (Å²) in [7, 11) is 0. The van der Waals surface area contributed by atoms with Gasteiger partial charge in [-0.3, -0.25) is 0 Å². The van der Waals surface area contributed by atoms with E-state index in [0.29, 0.717) is 0 Å². The summed E-state index contributed by atoms with van der Waals surface area (Å²) in [5.41, 5.74) is 11.4. The highest BCUT2D eigenvalue weighted by molar-refractivity contribution is 6.18. The zero-order chi connectivity index (χ0) is 47.7. The lowest BCUT2D eigenvalue weighted by molar-refractivity contribution is 0.304. The molecule has 2 heterocycles. The molecule has 1 aliphatic carbocycles. The van der Waals surface area contributed by atoms with Gasteiger partial charge in [0.2, 0.25) is 0 Å². The minimum atomic E-state index is -0.709. The molecular weight excluding hydrogens is 865 g/mol. The molecule has 4 heteroatoms. The molecular formula is C67H64N2O2. The molecule has 12 rings (SSSR count). The van der Waals surface area contributed by atoms with Crippen LogP contribution in [-0.2, 0) is 5.41 Å². The number of nitrogens with zero attached hydrogens (tertiary/aromatic N) is 2. The van der Waals surface area contributed by atoms with Crippen molar-refractivity contribution in [1.82, 2.24) is 9.13 Å². The van der Waals surface area contributed by atoms with Crippen molar-refractivity contribution < 1.29 is 9.47 Å². The highest BCUT2D eigenvalue weighted by atomic mass is 16.5. The highest BCUT2D eigenvalue weighted by Crippen LogP contribution is 2.58. The van der Waals surface area contributed by atoms with E-state index in [1.807, 2.05) is 0 Å². The van der Waals surface area contributed by atoms with Crippen LogP contribution in [-0.4, -0.2) is 22.3 Å². The van der Waals surface area contributed by atoms with Crippen molar-refractivity contribution in [3.63, 3.8) is 0 Å². The number of ether oxygens (including phenoxy) is 2. The lowest BCUT2D eigenvalue weighted by atomic mass is 9.67. The molecule has 0 atom stereocenters. The Hall–Kier alpha value is -7.30. The smallest absolute Gasteiger partial charge is 0.119 e. The summed E-state index contributed by atoms with van der Waals surface area (Å²) in [6, 6.07) is 68.4. The monoisotopic (exact) mass is 928 g/mol. The summed E-state index contributed by atoms with van der Waals surface area (Å²) in [4.78, 5) is 0. The van der Waals surface area contributed by atoms with Crippen LogP contribution >= 0.6 is 0 Å². The Bertz CT molecular complexity index is 3340. The van der Waals surface area contributed by atoms with Crippen LogP contribution in [0.1, 0.15) is 113 Å². The fourth-order valence-electron chi connectivity index (χ4n) is 12.2. The van der Waals surface area contributed by atoms with Crippen molar-refractivity contribution in [3.05, 3.63) is 204 Å². The molecule has 0 aliphatic heterocycles. The summed E-state index contributed by atoms with van der Waals surface area (Å²) >= 11 is 0. The number of hydrogen-bond donors (Lipinski definition) is 0. The molecule has 0 radical (unpaired) electrons. The van der Waals surface area contributed by atoms with E-state index in [0.717, 1.165) is 48.9 Å². The van der Waals surface area contributed by atoms with Crippen molar-refractivity contribution in [2.75, 3.05) is 13.2 Å². The molecule has 354 valence electrons. The molecule has 0 saturated carbocycles. The number of aromatic nitrogens is 2. The fraction of sp³-hybridized carbons (Fsp3) is 0.254. The van der Waals surface area contributed by atoms with Crippen molar-refractivity contribution >= 4 is 65.2 Å². The van der Waals surface area contributed by atoms with Crippen LogP contribution in [0, 0.1) is 0 Å². The van der Waals surface area contributed by atoms with E-state index in [9.17, 15) is 0 Å². The molecule has 4 nitrogen and oxygen atoms in total. The Morgan fingerprint density at radius 2 is 0.690 bits per heavy atom. The van der Waals surface area contributed by atoms with E-state index < -0.39 is 5.41 Å². The molecule has 1 aliphatic rings. The van der Waals surface area contributed by atoms with Gasteiger partial charge in [-0.15, -0.1) is 0 Å². The van der Waals surface area contributed by atoms with Crippen LogP contribution in [0.2, 0.25) is 0 Å². The molecule has 9 aromatic carbocycles. The molecule has 11 aromatic rings. The maximum atomic E-state index is 6.51. The standard InChI is InChI=1S/C67H64N2O2/c1-3-5-7-9-11-21-41-70-53-37-33-49(34-38-53)67(50-35-39-54(40-36-50)71-42-22-12-10-8-6-4-2)59-45-51(68-61-27-17-13-23-55(61)56-24-14-18-28-62(56)68)43-47-31-32-48-44-52(46-60(67)66(48)65(47)59)69-63-29-19-15-25-57(63)58-26-16-20-30-64(58)69/h13-20,23-40,43-46H,3-12,21-22,41-42H2,1-2H3. The summed E-state index contributed by atoms with van der Waals surface area (Å²) in [6.07, 6.45) is 14.8. The second kappa shape index (κ2) is 19.5. The normalized spacial score (nSPS) is 13.0. The molecule has 0 amide bonds. The van der Waals surface area contributed by atoms with Gasteiger partial charge in [0, 0.05) is 32.9 Å². The van der Waals surface area contributed by atoms with Crippen molar-refractivity contribution in [1.29, 1.82) is 0 Å². The average Bonchev–Trinajstić information content (AvgIpc) is 4.05. The SMILES string of the molecule is CCCCCCCCOc1ccc(C2(c3ccc(OCCCCCCCC)cc3)c3cc(-n4c5ccccc5c5ccccc54)cc4ccc5cc(-n6c7ccccc7c7ccccc76)cc2c5c34)cc1. The number of para-hydroxylation sites is 4. The van der Waals surface area contributed by atoms with Gasteiger partial charge in [-0.2, -0.15) is 0 Å². The first-order chi connectivity index (χ1) is 35.2. The van der Waals surface area contributed by atoms with Crippen LogP contribution < -0.4 is 9.47 Å². The minimum Gasteiger partial charge on any atom is -0.494 e. The van der Waals surface area contributed by atoms with E-state index in [4.69, 9.17) is 9.47 Å². The van der Waals surface area contributed by atoms with Crippen LogP contribution in [0.25, 0.3) is 76.5 Å². The maximum absolute atomic E-state index is 6.51. The van der Waals surface area contributed by atoms with E-state index >= 15 is 0 Å². The third-order valence-corrected chi connectivity index (χ3v) is 15.6. The Labute approximate surface area is 418 Å². The zero-order valence-electron chi connectivity index (χ0n) is 41.4. The second-order valence-corrected chi connectivity index (χ2v) is 20.0. The van der Waals surface area contributed by atoms with E-state index in [-0.39, 0.29) is 0 Å². The first-order valence-corrected chi connectivity index (χ1v) is 26.7. The van der Waals surface area contributed by atoms with Crippen molar-refractivity contribution in [2.24, 2.45) is 0 Å². The Kier molecular flexibility index (Phi) is 12.3. The van der Waals surface area contributed by atoms with E-state index in [1.165, 1.54) is 152 Å². The van der Waals surface area contributed by atoms with Gasteiger partial charge in [-0.1, -0.05) is 187 Å². The third-order valence-electron chi connectivity index (χ3n) is 15.6. The molecule has 0 fully saturated rings. The van der Waals surface area contributed by atoms with Gasteiger partial charge >= 0.3 is 0 Å². The number of unbranched alkanes of at least 4 members (excludes halogenated alkanes) is 10. The minimum absolute atomic E-state index is 0.709. The fourth-order valence-corrected chi connectivity index (χ4v) is 12.2. The van der Waals surface area contributed by atoms with Gasteiger partial charge in [0.25, 0.3) is 0 Å². The Morgan fingerprint density at radius 3 is 1.06 bits per heavy atom. The first kappa shape index (κ1) is 44.9. The summed E-state index contributed by atoms with van der Waals surface area (Å²) in [5.74, 6) is 1.83. The molecule has 0 spiro atoms. The molecule has 0 unspecified atom stereocenters. The average molecular weight is 929 g/mol. The number of hydrogen-bond acceptors (Lipinski definition) is 2. The largest absolute Gasteiger partial charge is 0.494 e. The second-order valence-electron chi connectivity index (χ2n) is 20.0. The van der Waals surface area contributed by atoms with E-state index in [1.54, 1.807) is 0 Å². The summed E-state index contributed by atoms with van der Waals surface area (Å²) in [6.45, 7) is 6.01. The quantitative estimate of drug-likeness (QED) is 0.0563. The predicted octanol–water partition coefficient (Wildman–Crippen LogP) is 18.4.